The van der Waals surface area contributed by atoms with Crippen molar-refractivity contribution < 1.29 is 42.1 Å². The van der Waals surface area contributed by atoms with Crippen molar-refractivity contribution in [2.24, 2.45) is 11.3 Å². The third-order valence-electron chi connectivity index (χ3n) is 7.38. The second-order valence-corrected chi connectivity index (χ2v) is 13.0. The van der Waals surface area contributed by atoms with Crippen LogP contribution < -0.4 is 4.74 Å². The molecule has 1 aromatic carbocycles. The predicted octanol–water partition coefficient (Wildman–Crippen LogP) is 7.01. The molecular formula is C31H41F3N2O6. The number of rotatable bonds is 7. The average Bonchev–Trinajstić information content (AvgIpc) is 3.22. The number of hydrogen-bond donors (Lipinski definition) is 1. The SMILES string of the molecule is COc1ncc(C(F)(F)F)cc1CO[C@H]1[C@H](C(C)(C)C)[C@@H](C(=O)O)N(C(=O)OC(C)C)[C@H]1c1cccc(C(C)(C)C)c1. The van der Waals surface area contributed by atoms with Crippen LogP contribution in [0.15, 0.2) is 36.5 Å². The van der Waals surface area contributed by atoms with Gasteiger partial charge < -0.3 is 19.3 Å². The summed E-state index contributed by atoms with van der Waals surface area (Å²) in [5.74, 6) is -2.06. The van der Waals surface area contributed by atoms with Gasteiger partial charge in [-0.2, -0.15) is 13.2 Å². The number of carbonyl (C=O) groups excluding carboxylic acids is 1. The first-order chi connectivity index (χ1) is 19.3. The number of carbonyl (C=O) groups is 2. The van der Waals surface area contributed by atoms with E-state index >= 15 is 0 Å². The van der Waals surface area contributed by atoms with Gasteiger partial charge in [0.15, 0.2) is 0 Å². The monoisotopic (exact) mass is 594 g/mol. The van der Waals surface area contributed by atoms with Gasteiger partial charge in [0.2, 0.25) is 5.88 Å². The third kappa shape index (κ3) is 7.17. The van der Waals surface area contributed by atoms with E-state index in [0.29, 0.717) is 11.8 Å². The molecule has 0 bridgehead atoms. The Morgan fingerprint density at radius 2 is 1.69 bits per heavy atom. The summed E-state index contributed by atoms with van der Waals surface area (Å²) in [4.78, 5) is 31.5. The van der Waals surface area contributed by atoms with Gasteiger partial charge in [-0.1, -0.05) is 65.8 Å². The molecule has 0 aliphatic carbocycles. The molecule has 2 aromatic rings. The molecule has 2 heterocycles. The largest absolute Gasteiger partial charge is 0.481 e. The van der Waals surface area contributed by atoms with E-state index in [2.05, 4.69) is 4.98 Å². The maximum absolute atomic E-state index is 13.6. The van der Waals surface area contributed by atoms with Crippen molar-refractivity contribution in [3.05, 3.63) is 58.8 Å². The molecule has 1 saturated heterocycles. The molecule has 1 amide bonds. The van der Waals surface area contributed by atoms with Gasteiger partial charge in [-0.25, -0.2) is 14.6 Å². The van der Waals surface area contributed by atoms with Gasteiger partial charge >= 0.3 is 18.2 Å². The highest BCUT2D eigenvalue weighted by Crippen LogP contribution is 2.50. The summed E-state index contributed by atoms with van der Waals surface area (Å²) in [7, 11) is 1.29. The number of benzene rings is 1. The molecule has 4 atom stereocenters. The number of carboxylic acid groups (broad SMARTS) is 1. The normalized spacial score (nSPS) is 21.5. The van der Waals surface area contributed by atoms with Gasteiger partial charge in [-0.3, -0.25) is 4.90 Å². The summed E-state index contributed by atoms with van der Waals surface area (Å²) in [6.07, 6.45) is -6.25. The van der Waals surface area contributed by atoms with Crippen LogP contribution in [0.5, 0.6) is 5.88 Å². The Balaban J connectivity index is 2.23. The fourth-order valence-corrected chi connectivity index (χ4v) is 5.47. The average molecular weight is 595 g/mol. The van der Waals surface area contributed by atoms with Gasteiger partial charge in [0.25, 0.3) is 0 Å². The van der Waals surface area contributed by atoms with E-state index in [1.165, 1.54) is 12.0 Å². The lowest BCUT2D eigenvalue weighted by atomic mass is 9.73. The van der Waals surface area contributed by atoms with E-state index < -0.39 is 59.4 Å². The first-order valence-electron chi connectivity index (χ1n) is 13.8. The van der Waals surface area contributed by atoms with E-state index in [9.17, 15) is 27.9 Å². The quantitative estimate of drug-likeness (QED) is 0.368. The van der Waals surface area contributed by atoms with Crippen molar-refractivity contribution in [1.82, 2.24) is 9.88 Å². The standard InChI is InChI=1S/C31H41F3N2O6/c1-17(2)42-28(39)36-23(18-11-10-12-20(13-18)29(3,4)5)25(22(30(6,7)8)24(36)27(37)38)41-16-19-14-21(31(32,33)34)15-35-26(19)40-9/h10-15,17,22-25H,16H2,1-9H3,(H,37,38)/t22-,23+,24+,25+/m1/s1. The van der Waals surface area contributed by atoms with Crippen LogP contribution in [0.3, 0.4) is 0 Å². The Hall–Kier alpha value is -3.34. The molecule has 8 nitrogen and oxygen atoms in total. The van der Waals surface area contributed by atoms with E-state index in [-0.39, 0.29) is 23.5 Å². The van der Waals surface area contributed by atoms with Crippen molar-refractivity contribution in [1.29, 1.82) is 0 Å². The maximum atomic E-state index is 13.6. The topological polar surface area (TPSA) is 98.2 Å². The summed E-state index contributed by atoms with van der Waals surface area (Å²) in [6.45, 7) is 14.6. The first kappa shape index (κ1) is 33.2. The summed E-state index contributed by atoms with van der Waals surface area (Å²) < 4.78 is 57.7. The van der Waals surface area contributed by atoms with Gasteiger partial charge in [-0.05, 0) is 41.9 Å². The molecule has 11 heteroatoms. The number of carboxylic acids is 1. The minimum Gasteiger partial charge on any atom is -0.481 e. The predicted molar refractivity (Wildman–Crippen MR) is 150 cm³/mol. The summed E-state index contributed by atoms with van der Waals surface area (Å²) in [6, 6.07) is 6.12. The van der Waals surface area contributed by atoms with Crippen LogP contribution in [0.4, 0.5) is 18.0 Å². The van der Waals surface area contributed by atoms with E-state index in [1.807, 2.05) is 59.7 Å². The van der Waals surface area contributed by atoms with Gasteiger partial charge in [0.1, 0.15) is 6.04 Å². The molecule has 1 aliphatic heterocycles. The summed E-state index contributed by atoms with van der Waals surface area (Å²) >= 11 is 0. The minimum atomic E-state index is -4.64. The van der Waals surface area contributed by atoms with Crippen LogP contribution in [0.25, 0.3) is 0 Å². The smallest absolute Gasteiger partial charge is 0.417 e. The zero-order valence-corrected chi connectivity index (χ0v) is 25.6. The lowest BCUT2D eigenvalue weighted by molar-refractivity contribution is -0.145. The second-order valence-electron chi connectivity index (χ2n) is 13.0. The Labute approximate surface area is 245 Å². The Kier molecular flexibility index (Phi) is 9.56. The number of amides is 1. The minimum absolute atomic E-state index is 0.0391. The van der Waals surface area contributed by atoms with Gasteiger partial charge in [0, 0.05) is 17.7 Å². The van der Waals surface area contributed by atoms with E-state index in [0.717, 1.165) is 11.6 Å². The van der Waals surface area contributed by atoms with Crippen molar-refractivity contribution in [3.63, 3.8) is 0 Å². The number of methoxy groups -OCH3 is 1. The first-order valence-corrected chi connectivity index (χ1v) is 13.8. The molecule has 1 aliphatic rings. The Bertz CT molecular complexity index is 1280. The summed E-state index contributed by atoms with van der Waals surface area (Å²) in [5.41, 5.74) is -0.332. The molecular weight excluding hydrogens is 553 g/mol. The Morgan fingerprint density at radius 3 is 2.19 bits per heavy atom. The van der Waals surface area contributed by atoms with Crippen LogP contribution in [0.1, 0.15) is 83.7 Å². The van der Waals surface area contributed by atoms with E-state index in [1.54, 1.807) is 19.9 Å². The molecule has 42 heavy (non-hydrogen) atoms. The van der Waals surface area contributed by atoms with Crippen LogP contribution >= 0.6 is 0 Å². The number of halogens is 3. The number of pyridine rings is 1. The number of hydrogen-bond acceptors (Lipinski definition) is 6. The fraction of sp³-hybridized carbons (Fsp3) is 0.581. The lowest BCUT2D eigenvalue weighted by Gasteiger charge is -2.34. The lowest BCUT2D eigenvalue weighted by Crippen LogP contribution is -2.47. The van der Waals surface area contributed by atoms with Crippen LogP contribution in [0.2, 0.25) is 0 Å². The highest BCUT2D eigenvalue weighted by atomic mass is 19.4. The molecule has 1 aromatic heterocycles. The number of alkyl halides is 3. The molecule has 232 valence electrons. The Morgan fingerprint density at radius 1 is 1.05 bits per heavy atom. The van der Waals surface area contributed by atoms with Crippen LogP contribution in [0, 0.1) is 11.3 Å². The van der Waals surface area contributed by atoms with Crippen molar-refractivity contribution in [3.8, 4) is 5.88 Å². The zero-order chi connectivity index (χ0) is 31.8. The van der Waals surface area contributed by atoms with Gasteiger partial charge in [-0.15, -0.1) is 0 Å². The molecule has 1 N–H and O–H groups in total. The molecule has 0 saturated carbocycles. The molecule has 3 rings (SSSR count). The van der Waals surface area contributed by atoms with Crippen LogP contribution in [-0.4, -0.2) is 52.4 Å². The fourth-order valence-electron chi connectivity index (χ4n) is 5.47. The number of nitrogens with zero attached hydrogens (tertiary/aromatic N) is 2. The zero-order valence-electron chi connectivity index (χ0n) is 25.6. The number of likely N-dealkylation sites (tertiary alicyclic amines) is 1. The van der Waals surface area contributed by atoms with Crippen LogP contribution in [-0.2, 0) is 32.5 Å². The molecule has 0 spiro atoms. The summed E-state index contributed by atoms with van der Waals surface area (Å²) in [5, 5.41) is 10.5. The highest BCUT2D eigenvalue weighted by Gasteiger charge is 2.59. The van der Waals surface area contributed by atoms with E-state index in [4.69, 9.17) is 14.2 Å². The number of aromatic nitrogens is 1. The highest BCUT2D eigenvalue weighted by molar-refractivity contribution is 5.82. The maximum Gasteiger partial charge on any atom is 0.417 e. The molecule has 0 unspecified atom stereocenters. The third-order valence-corrected chi connectivity index (χ3v) is 7.38. The van der Waals surface area contributed by atoms with Crippen molar-refractivity contribution >= 4 is 12.1 Å². The van der Waals surface area contributed by atoms with Crippen molar-refractivity contribution in [2.75, 3.05) is 7.11 Å². The number of aliphatic carboxylic acids is 1. The van der Waals surface area contributed by atoms with Gasteiger partial charge in [0.05, 0.1) is 37.5 Å². The second kappa shape index (κ2) is 12.1. The van der Waals surface area contributed by atoms with Crippen molar-refractivity contribution in [2.45, 2.75) is 97.9 Å². The molecule has 0 radical (unpaired) electrons. The molecule has 1 fully saturated rings. The number of ether oxygens (including phenoxy) is 3.